The van der Waals surface area contributed by atoms with Crippen LogP contribution < -0.4 is 5.32 Å². The summed E-state index contributed by atoms with van der Waals surface area (Å²) in [6, 6.07) is 1.82. The van der Waals surface area contributed by atoms with E-state index in [1.54, 1.807) is 18.4 Å². The molecule has 1 aromatic heterocycles. The van der Waals surface area contributed by atoms with Gasteiger partial charge in [-0.2, -0.15) is 0 Å². The van der Waals surface area contributed by atoms with Gasteiger partial charge in [-0.25, -0.2) is 0 Å². The lowest BCUT2D eigenvalue weighted by molar-refractivity contribution is -0.148. The molecule has 1 N–H and O–H groups in total. The molecule has 0 saturated carbocycles. The van der Waals surface area contributed by atoms with E-state index < -0.39 is 0 Å². The van der Waals surface area contributed by atoms with E-state index in [1.807, 2.05) is 18.4 Å². The standard InChI is InChI=1S/C12H15BrN2O2S/c1-7(11-8(13)5-6-18-11)14-9-3-4-10(16)15(2)12(9)17/h5-7,9,14H,3-4H2,1-2H3. The van der Waals surface area contributed by atoms with Crippen molar-refractivity contribution in [3.05, 3.63) is 20.8 Å². The zero-order valence-corrected chi connectivity index (χ0v) is 12.7. The maximum atomic E-state index is 12.0. The lowest BCUT2D eigenvalue weighted by Gasteiger charge is -2.30. The molecule has 1 aliphatic heterocycles. The second kappa shape index (κ2) is 5.50. The maximum Gasteiger partial charge on any atom is 0.246 e. The number of likely N-dealkylation sites (tertiary alicyclic amines) is 1. The Hall–Kier alpha value is -0.720. The van der Waals surface area contributed by atoms with Gasteiger partial charge in [0.05, 0.1) is 6.04 Å². The summed E-state index contributed by atoms with van der Waals surface area (Å²) in [5.74, 6) is -0.228. The van der Waals surface area contributed by atoms with E-state index in [1.165, 1.54) is 9.78 Å². The third kappa shape index (κ3) is 2.65. The summed E-state index contributed by atoms with van der Waals surface area (Å²) in [5, 5.41) is 5.31. The minimum absolute atomic E-state index is 0.0925. The van der Waals surface area contributed by atoms with Gasteiger partial charge in [-0.05, 0) is 40.7 Å². The first-order valence-electron chi connectivity index (χ1n) is 5.80. The number of piperidine rings is 1. The van der Waals surface area contributed by atoms with Crippen molar-refractivity contribution in [2.45, 2.75) is 31.8 Å². The van der Waals surface area contributed by atoms with Crippen LogP contribution >= 0.6 is 27.3 Å². The first-order valence-corrected chi connectivity index (χ1v) is 7.47. The highest BCUT2D eigenvalue weighted by Gasteiger charge is 2.32. The number of imide groups is 1. The fourth-order valence-corrected chi connectivity index (χ4v) is 3.80. The third-order valence-corrected chi connectivity index (χ3v) is 5.19. The van der Waals surface area contributed by atoms with E-state index in [4.69, 9.17) is 0 Å². The van der Waals surface area contributed by atoms with E-state index in [0.717, 1.165) is 4.47 Å². The largest absolute Gasteiger partial charge is 0.298 e. The van der Waals surface area contributed by atoms with Crippen LogP contribution in [0.15, 0.2) is 15.9 Å². The van der Waals surface area contributed by atoms with Gasteiger partial charge in [-0.3, -0.25) is 19.8 Å². The zero-order valence-electron chi connectivity index (χ0n) is 10.3. The van der Waals surface area contributed by atoms with Crippen LogP contribution in [0.2, 0.25) is 0 Å². The summed E-state index contributed by atoms with van der Waals surface area (Å²) in [5.41, 5.74) is 0. The van der Waals surface area contributed by atoms with Gasteiger partial charge >= 0.3 is 0 Å². The Morgan fingerprint density at radius 3 is 2.89 bits per heavy atom. The number of likely N-dealkylation sites (N-methyl/N-ethyl adjacent to an activating group) is 1. The summed E-state index contributed by atoms with van der Waals surface area (Å²) in [4.78, 5) is 25.7. The molecule has 98 valence electrons. The summed E-state index contributed by atoms with van der Waals surface area (Å²) in [7, 11) is 1.55. The van der Waals surface area contributed by atoms with Gasteiger partial charge in [-0.1, -0.05) is 0 Å². The van der Waals surface area contributed by atoms with Crippen LogP contribution in [0, 0.1) is 0 Å². The number of carbonyl (C=O) groups excluding carboxylic acids is 2. The van der Waals surface area contributed by atoms with E-state index in [9.17, 15) is 9.59 Å². The summed E-state index contributed by atoms with van der Waals surface area (Å²) >= 11 is 5.14. The molecule has 0 aliphatic carbocycles. The molecule has 0 aromatic carbocycles. The Kier molecular flexibility index (Phi) is 4.19. The van der Waals surface area contributed by atoms with Crippen molar-refractivity contribution < 1.29 is 9.59 Å². The van der Waals surface area contributed by atoms with Crippen LogP contribution in [0.25, 0.3) is 0 Å². The molecule has 18 heavy (non-hydrogen) atoms. The second-order valence-electron chi connectivity index (χ2n) is 4.40. The van der Waals surface area contributed by atoms with Gasteiger partial charge in [0, 0.05) is 28.9 Å². The molecule has 2 heterocycles. The number of nitrogens with one attached hydrogen (secondary N) is 1. The molecule has 2 amide bonds. The molecule has 6 heteroatoms. The van der Waals surface area contributed by atoms with Crippen molar-refractivity contribution in [1.29, 1.82) is 0 Å². The van der Waals surface area contributed by atoms with Crippen molar-refractivity contribution in [3.8, 4) is 0 Å². The number of amides is 2. The van der Waals surface area contributed by atoms with Crippen molar-refractivity contribution in [2.75, 3.05) is 7.05 Å². The topological polar surface area (TPSA) is 49.4 Å². The fourth-order valence-electron chi connectivity index (χ4n) is 2.06. The average molecular weight is 331 g/mol. The number of rotatable bonds is 3. The van der Waals surface area contributed by atoms with Gasteiger partial charge in [0.2, 0.25) is 11.8 Å². The first-order chi connectivity index (χ1) is 8.50. The number of hydrogen-bond acceptors (Lipinski definition) is 4. The normalized spacial score (nSPS) is 22.4. The Morgan fingerprint density at radius 1 is 1.56 bits per heavy atom. The monoisotopic (exact) mass is 330 g/mol. The van der Waals surface area contributed by atoms with Crippen molar-refractivity contribution >= 4 is 39.1 Å². The summed E-state index contributed by atoms with van der Waals surface area (Å²) in [6.45, 7) is 2.03. The molecule has 1 saturated heterocycles. The fraction of sp³-hybridized carbons (Fsp3) is 0.500. The number of carbonyl (C=O) groups is 2. The van der Waals surface area contributed by atoms with E-state index in [0.29, 0.717) is 12.8 Å². The van der Waals surface area contributed by atoms with Gasteiger partial charge < -0.3 is 0 Å². The molecular weight excluding hydrogens is 316 g/mol. The van der Waals surface area contributed by atoms with Crippen LogP contribution in [0.5, 0.6) is 0 Å². The zero-order chi connectivity index (χ0) is 13.3. The van der Waals surface area contributed by atoms with Gasteiger partial charge in [0.1, 0.15) is 0 Å². The minimum atomic E-state index is -0.267. The van der Waals surface area contributed by atoms with E-state index in [-0.39, 0.29) is 23.9 Å². The van der Waals surface area contributed by atoms with E-state index >= 15 is 0 Å². The third-order valence-electron chi connectivity index (χ3n) is 3.14. The lowest BCUT2D eigenvalue weighted by Crippen LogP contribution is -2.51. The Labute approximate surface area is 118 Å². The molecule has 2 atom stereocenters. The molecule has 2 unspecified atom stereocenters. The van der Waals surface area contributed by atoms with E-state index in [2.05, 4.69) is 21.2 Å². The molecule has 2 rings (SSSR count). The quantitative estimate of drug-likeness (QED) is 0.865. The molecule has 0 bridgehead atoms. The van der Waals surface area contributed by atoms with Gasteiger partial charge in [-0.15, -0.1) is 11.3 Å². The SMILES string of the molecule is CC(NC1CCC(=O)N(C)C1=O)c1sccc1Br. The highest BCUT2D eigenvalue weighted by atomic mass is 79.9. The van der Waals surface area contributed by atoms with Crippen molar-refractivity contribution in [1.82, 2.24) is 10.2 Å². The average Bonchev–Trinajstić information content (AvgIpc) is 2.76. The highest BCUT2D eigenvalue weighted by molar-refractivity contribution is 9.10. The van der Waals surface area contributed by atoms with Crippen LogP contribution in [-0.2, 0) is 9.59 Å². The molecule has 4 nitrogen and oxygen atoms in total. The van der Waals surface area contributed by atoms with Crippen LogP contribution in [0.4, 0.5) is 0 Å². The Balaban J connectivity index is 2.04. The lowest BCUT2D eigenvalue weighted by atomic mass is 10.0. The molecule has 0 radical (unpaired) electrons. The minimum Gasteiger partial charge on any atom is -0.298 e. The molecule has 1 aromatic rings. The van der Waals surface area contributed by atoms with Crippen LogP contribution in [0.3, 0.4) is 0 Å². The Morgan fingerprint density at radius 2 is 2.28 bits per heavy atom. The maximum absolute atomic E-state index is 12.0. The smallest absolute Gasteiger partial charge is 0.246 e. The summed E-state index contributed by atoms with van der Waals surface area (Å²) in [6.07, 6.45) is 1.01. The summed E-state index contributed by atoms with van der Waals surface area (Å²) < 4.78 is 1.06. The van der Waals surface area contributed by atoms with Crippen LogP contribution in [0.1, 0.15) is 30.7 Å². The molecule has 1 aliphatic rings. The number of halogens is 1. The number of thiophene rings is 1. The van der Waals surface area contributed by atoms with Crippen LogP contribution in [-0.4, -0.2) is 29.8 Å². The molecule has 1 fully saturated rings. The first kappa shape index (κ1) is 13.7. The predicted molar refractivity (Wildman–Crippen MR) is 74.4 cm³/mol. The number of hydrogen-bond donors (Lipinski definition) is 1. The van der Waals surface area contributed by atoms with Crippen molar-refractivity contribution in [2.24, 2.45) is 0 Å². The molecular formula is C12H15BrN2O2S. The molecule has 0 spiro atoms. The second-order valence-corrected chi connectivity index (χ2v) is 6.21. The predicted octanol–water partition coefficient (Wildman–Crippen LogP) is 2.31. The Bertz CT molecular complexity index is 474. The van der Waals surface area contributed by atoms with Gasteiger partial charge in [0.15, 0.2) is 0 Å². The van der Waals surface area contributed by atoms with Crippen molar-refractivity contribution in [3.63, 3.8) is 0 Å². The van der Waals surface area contributed by atoms with Gasteiger partial charge in [0.25, 0.3) is 0 Å². The number of nitrogens with zero attached hydrogens (tertiary/aromatic N) is 1. The highest BCUT2D eigenvalue weighted by Crippen LogP contribution is 2.29.